The van der Waals surface area contributed by atoms with Crippen molar-refractivity contribution >= 4 is 12.2 Å². The maximum absolute atomic E-state index is 5.32. The van der Waals surface area contributed by atoms with Crippen LogP contribution in [0.2, 0.25) is 0 Å². The van der Waals surface area contributed by atoms with Gasteiger partial charge in [0.05, 0.1) is 6.54 Å². The van der Waals surface area contributed by atoms with Gasteiger partial charge < -0.3 is 10.1 Å². The molecule has 0 spiro atoms. The molecule has 2 rings (SSSR count). The van der Waals surface area contributed by atoms with Crippen LogP contribution in [-0.2, 0) is 11.3 Å². The summed E-state index contributed by atoms with van der Waals surface area (Å²) in [4.78, 5) is 3.97. The van der Waals surface area contributed by atoms with Gasteiger partial charge in [0.15, 0.2) is 6.40 Å². The molecular weight excluding hydrogens is 188 g/mol. The summed E-state index contributed by atoms with van der Waals surface area (Å²) in [6.45, 7) is 1.59. The number of aliphatic imine (C=N–C) groups is 1. The first-order valence-electron chi connectivity index (χ1n) is 4.99. The monoisotopic (exact) mass is 202 g/mol. The first kappa shape index (κ1) is 9.93. The molecule has 0 unspecified atom stereocenters. The summed E-state index contributed by atoms with van der Waals surface area (Å²) in [5, 5.41) is 3.12. The van der Waals surface area contributed by atoms with E-state index < -0.39 is 0 Å². The molecule has 78 valence electrons. The standard InChI is InChI=1S/C12H14N2O/c1-13-8-10-2-4-11(5-3-10)12-6-7-14-9-15-12/h2-6,9,13H,7-8H2,1H3. The van der Waals surface area contributed by atoms with E-state index in [0.717, 1.165) is 17.9 Å². The molecule has 3 nitrogen and oxygen atoms in total. The second-order valence-corrected chi connectivity index (χ2v) is 3.38. The van der Waals surface area contributed by atoms with E-state index in [9.17, 15) is 0 Å². The van der Waals surface area contributed by atoms with Gasteiger partial charge in [-0.3, -0.25) is 4.99 Å². The molecule has 0 saturated carbocycles. The van der Waals surface area contributed by atoms with Crippen LogP contribution >= 0.6 is 0 Å². The number of hydrogen-bond donors (Lipinski definition) is 1. The molecule has 0 radical (unpaired) electrons. The van der Waals surface area contributed by atoms with E-state index in [1.165, 1.54) is 12.0 Å². The summed E-state index contributed by atoms with van der Waals surface area (Å²) in [5.74, 6) is 0.890. The summed E-state index contributed by atoms with van der Waals surface area (Å²) in [5.41, 5.74) is 2.37. The van der Waals surface area contributed by atoms with Gasteiger partial charge in [0.2, 0.25) is 0 Å². The van der Waals surface area contributed by atoms with Crippen molar-refractivity contribution in [3.63, 3.8) is 0 Å². The minimum atomic E-state index is 0.702. The number of nitrogens with one attached hydrogen (secondary N) is 1. The van der Waals surface area contributed by atoms with Crippen LogP contribution in [0.4, 0.5) is 0 Å². The van der Waals surface area contributed by atoms with Crippen molar-refractivity contribution in [1.29, 1.82) is 0 Å². The topological polar surface area (TPSA) is 33.6 Å². The van der Waals surface area contributed by atoms with E-state index in [1.54, 1.807) is 0 Å². The lowest BCUT2D eigenvalue weighted by atomic mass is 10.1. The van der Waals surface area contributed by atoms with Gasteiger partial charge in [-0.2, -0.15) is 0 Å². The van der Waals surface area contributed by atoms with Gasteiger partial charge >= 0.3 is 0 Å². The van der Waals surface area contributed by atoms with Gasteiger partial charge in [0.25, 0.3) is 0 Å². The smallest absolute Gasteiger partial charge is 0.176 e. The maximum Gasteiger partial charge on any atom is 0.176 e. The Morgan fingerprint density at radius 3 is 2.73 bits per heavy atom. The first-order valence-corrected chi connectivity index (χ1v) is 4.99. The summed E-state index contributed by atoms with van der Waals surface area (Å²) >= 11 is 0. The molecule has 0 atom stereocenters. The third-order valence-corrected chi connectivity index (χ3v) is 2.26. The fourth-order valence-corrected chi connectivity index (χ4v) is 1.50. The average Bonchev–Trinajstić information content (AvgIpc) is 2.32. The normalized spacial score (nSPS) is 14.6. The van der Waals surface area contributed by atoms with Crippen molar-refractivity contribution in [3.8, 4) is 0 Å². The van der Waals surface area contributed by atoms with Gasteiger partial charge in [0.1, 0.15) is 5.76 Å². The number of rotatable bonds is 3. The van der Waals surface area contributed by atoms with Crippen LogP contribution in [0.15, 0.2) is 35.3 Å². The molecule has 0 bridgehead atoms. The highest BCUT2D eigenvalue weighted by molar-refractivity contribution is 5.69. The van der Waals surface area contributed by atoms with E-state index in [2.05, 4.69) is 34.6 Å². The Balaban J connectivity index is 2.12. The second-order valence-electron chi connectivity index (χ2n) is 3.38. The lowest BCUT2D eigenvalue weighted by Crippen LogP contribution is -2.05. The van der Waals surface area contributed by atoms with Gasteiger partial charge in [-0.05, 0) is 18.7 Å². The number of ether oxygens (including phenoxy) is 1. The molecule has 1 aliphatic rings. The molecule has 0 aliphatic carbocycles. The Bertz CT molecular complexity index is 379. The minimum Gasteiger partial charge on any atom is -0.446 e. The lowest BCUT2D eigenvalue weighted by molar-refractivity contribution is 0.518. The summed E-state index contributed by atoms with van der Waals surface area (Å²) in [7, 11) is 1.94. The molecule has 1 aromatic carbocycles. The van der Waals surface area contributed by atoms with Crippen molar-refractivity contribution in [1.82, 2.24) is 5.32 Å². The highest BCUT2D eigenvalue weighted by atomic mass is 16.5. The lowest BCUT2D eigenvalue weighted by Gasteiger charge is -2.09. The highest BCUT2D eigenvalue weighted by Crippen LogP contribution is 2.17. The fraction of sp³-hybridized carbons (Fsp3) is 0.250. The second kappa shape index (κ2) is 4.75. The molecular formula is C12H14N2O. The first-order chi connectivity index (χ1) is 7.40. The van der Waals surface area contributed by atoms with Crippen LogP contribution in [0, 0.1) is 0 Å². The molecule has 1 N–H and O–H groups in total. The molecule has 15 heavy (non-hydrogen) atoms. The molecule has 1 heterocycles. The van der Waals surface area contributed by atoms with E-state index in [0.29, 0.717) is 6.54 Å². The zero-order chi connectivity index (χ0) is 10.5. The molecule has 0 fully saturated rings. The Kier molecular flexibility index (Phi) is 3.15. The predicted molar refractivity (Wildman–Crippen MR) is 61.6 cm³/mol. The van der Waals surface area contributed by atoms with E-state index in [1.807, 2.05) is 13.1 Å². The van der Waals surface area contributed by atoms with Crippen LogP contribution in [0.25, 0.3) is 5.76 Å². The zero-order valence-electron chi connectivity index (χ0n) is 8.73. The van der Waals surface area contributed by atoms with E-state index in [-0.39, 0.29) is 0 Å². The molecule has 0 amide bonds. The summed E-state index contributed by atoms with van der Waals surface area (Å²) in [6.07, 6.45) is 3.48. The van der Waals surface area contributed by atoms with Crippen molar-refractivity contribution in [2.75, 3.05) is 13.6 Å². The van der Waals surface area contributed by atoms with Crippen LogP contribution in [0.5, 0.6) is 0 Å². The molecule has 3 heteroatoms. The van der Waals surface area contributed by atoms with Crippen LogP contribution in [0.3, 0.4) is 0 Å². The Morgan fingerprint density at radius 1 is 1.33 bits per heavy atom. The summed E-state index contributed by atoms with van der Waals surface area (Å²) in [6, 6.07) is 8.33. The van der Waals surface area contributed by atoms with Gasteiger partial charge in [-0.1, -0.05) is 24.3 Å². The molecule has 1 aromatic rings. The predicted octanol–water partition coefficient (Wildman–Crippen LogP) is 1.81. The minimum absolute atomic E-state index is 0.702. The zero-order valence-corrected chi connectivity index (χ0v) is 8.73. The van der Waals surface area contributed by atoms with Crippen LogP contribution in [0.1, 0.15) is 11.1 Å². The fourth-order valence-electron chi connectivity index (χ4n) is 1.50. The maximum atomic E-state index is 5.32. The third kappa shape index (κ3) is 2.44. The van der Waals surface area contributed by atoms with Crippen molar-refractivity contribution in [3.05, 3.63) is 41.5 Å². The number of benzene rings is 1. The van der Waals surface area contributed by atoms with Gasteiger partial charge in [-0.25, -0.2) is 0 Å². The van der Waals surface area contributed by atoms with Crippen molar-refractivity contribution < 1.29 is 4.74 Å². The van der Waals surface area contributed by atoms with Crippen molar-refractivity contribution in [2.45, 2.75) is 6.54 Å². The van der Waals surface area contributed by atoms with E-state index in [4.69, 9.17) is 4.74 Å². The van der Waals surface area contributed by atoms with Gasteiger partial charge in [0, 0.05) is 12.1 Å². The molecule has 0 aromatic heterocycles. The average molecular weight is 202 g/mol. The van der Waals surface area contributed by atoms with Crippen molar-refractivity contribution in [2.24, 2.45) is 4.99 Å². The number of nitrogens with zero attached hydrogens (tertiary/aromatic N) is 1. The van der Waals surface area contributed by atoms with Gasteiger partial charge in [-0.15, -0.1) is 0 Å². The SMILES string of the molecule is CNCc1ccc(C2=CCN=CO2)cc1. The molecule has 1 aliphatic heterocycles. The Hall–Kier alpha value is -1.61. The van der Waals surface area contributed by atoms with Crippen LogP contribution in [-0.4, -0.2) is 20.0 Å². The van der Waals surface area contributed by atoms with Crippen LogP contribution < -0.4 is 5.32 Å². The third-order valence-electron chi connectivity index (χ3n) is 2.26. The highest BCUT2D eigenvalue weighted by Gasteiger charge is 2.04. The number of hydrogen-bond acceptors (Lipinski definition) is 3. The Morgan fingerprint density at radius 2 is 2.13 bits per heavy atom. The Labute approximate surface area is 89.5 Å². The molecule has 0 saturated heterocycles. The quantitative estimate of drug-likeness (QED) is 0.811. The van der Waals surface area contributed by atoms with E-state index >= 15 is 0 Å². The largest absolute Gasteiger partial charge is 0.446 e. The summed E-state index contributed by atoms with van der Waals surface area (Å²) < 4.78 is 5.32.